The molecule has 86 valence electrons. The monoisotopic (exact) mass is 253 g/mol. The van der Waals surface area contributed by atoms with Crippen molar-refractivity contribution in [2.75, 3.05) is 12.0 Å². The number of thiazole rings is 1. The van der Waals surface area contributed by atoms with E-state index < -0.39 is 0 Å². The Labute approximate surface area is 104 Å². The highest BCUT2D eigenvalue weighted by Crippen LogP contribution is 2.22. The molecule has 0 bridgehead atoms. The van der Waals surface area contributed by atoms with Gasteiger partial charge in [0.05, 0.1) is 21.3 Å². The topological polar surface area (TPSA) is 33.1 Å². The van der Waals surface area contributed by atoms with Crippen LogP contribution in [0.25, 0.3) is 10.2 Å². The van der Waals surface area contributed by atoms with Crippen molar-refractivity contribution >= 4 is 33.3 Å². The molecule has 0 radical (unpaired) electrons. The summed E-state index contributed by atoms with van der Waals surface area (Å²) < 4.78 is 1.20. The molecular weight excluding hydrogens is 238 g/mol. The first-order valence-corrected chi connectivity index (χ1v) is 7.52. The van der Waals surface area contributed by atoms with Gasteiger partial charge in [-0.1, -0.05) is 12.1 Å². The Balaban J connectivity index is 2.03. The van der Waals surface area contributed by atoms with Gasteiger partial charge in [-0.25, -0.2) is 4.98 Å². The number of benzene rings is 1. The molecule has 0 aliphatic rings. The lowest BCUT2D eigenvalue weighted by Gasteiger charge is -2.06. The first-order chi connectivity index (χ1) is 7.79. The quantitative estimate of drug-likeness (QED) is 0.889. The first-order valence-electron chi connectivity index (χ1n) is 5.31. The maximum atomic E-state index is 9.81. The lowest BCUT2D eigenvalue weighted by molar-refractivity contribution is 0.172. The molecule has 2 rings (SSSR count). The number of nitrogens with zero attached hydrogens (tertiary/aromatic N) is 1. The number of hydrogen-bond acceptors (Lipinski definition) is 4. The Morgan fingerprint density at radius 1 is 1.44 bits per heavy atom. The molecule has 0 spiro atoms. The van der Waals surface area contributed by atoms with Gasteiger partial charge in [0.15, 0.2) is 0 Å². The van der Waals surface area contributed by atoms with Gasteiger partial charge >= 0.3 is 0 Å². The first kappa shape index (κ1) is 11.9. The van der Waals surface area contributed by atoms with E-state index in [1.165, 1.54) is 4.70 Å². The van der Waals surface area contributed by atoms with Crippen molar-refractivity contribution in [3.8, 4) is 0 Å². The molecule has 1 N–H and O–H groups in total. The molecule has 16 heavy (non-hydrogen) atoms. The Morgan fingerprint density at radius 2 is 2.25 bits per heavy atom. The molecule has 2 aromatic rings. The molecule has 0 amide bonds. The van der Waals surface area contributed by atoms with Crippen molar-refractivity contribution in [3.05, 3.63) is 29.3 Å². The van der Waals surface area contributed by atoms with Gasteiger partial charge in [0.25, 0.3) is 0 Å². The predicted molar refractivity (Wildman–Crippen MR) is 72.3 cm³/mol. The van der Waals surface area contributed by atoms with Gasteiger partial charge in [-0.15, -0.1) is 11.3 Å². The summed E-state index contributed by atoms with van der Waals surface area (Å²) in [5, 5.41) is 10.8. The van der Waals surface area contributed by atoms with E-state index in [-0.39, 0.29) is 6.10 Å². The van der Waals surface area contributed by atoms with Crippen LogP contribution < -0.4 is 0 Å². The predicted octanol–water partition coefficient (Wildman–Crippen LogP) is 2.95. The van der Waals surface area contributed by atoms with Crippen LogP contribution in [-0.2, 0) is 6.42 Å². The third-order valence-electron chi connectivity index (χ3n) is 2.40. The summed E-state index contributed by atoms with van der Waals surface area (Å²) >= 11 is 3.45. The van der Waals surface area contributed by atoms with E-state index in [0.717, 1.165) is 22.7 Å². The van der Waals surface area contributed by atoms with Crippen molar-refractivity contribution in [2.24, 2.45) is 0 Å². The third-order valence-corrected chi connectivity index (χ3v) is 4.11. The zero-order valence-corrected chi connectivity index (χ0v) is 10.9. The standard InChI is InChI=1S/C12H15NOS2/c1-15-7-6-9(14)8-12-13-10-4-2-3-5-11(10)16-12/h2-5,9,14H,6-8H2,1H3. The second kappa shape index (κ2) is 5.66. The molecule has 2 nitrogen and oxygen atoms in total. The van der Waals surface area contributed by atoms with Gasteiger partial charge in [0, 0.05) is 6.42 Å². The van der Waals surface area contributed by atoms with Crippen molar-refractivity contribution in [2.45, 2.75) is 18.9 Å². The molecule has 0 fully saturated rings. The number of aromatic nitrogens is 1. The Bertz CT molecular complexity index is 422. The van der Waals surface area contributed by atoms with Crippen LogP contribution in [0.2, 0.25) is 0 Å². The van der Waals surface area contributed by atoms with Gasteiger partial charge in [0.1, 0.15) is 0 Å². The number of aliphatic hydroxyl groups excluding tert-OH is 1. The molecule has 0 saturated carbocycles. The lowest BCUT2D eigenvalue weighted by atomic mass is 10.2. The average Bonchev–Trinajstić information content (AvgIpc) is 2.68. The van der Waals surface area contributed by atoms with Crippen molar-refractivity contribution in [3.63, 3.8) is 0 Å². The Kier molecular flexibility index (Phi) is 4.21. The molecule has 0 aliphatic heterocycles. The fourth-order valence-electron chi connectivity index (χ4n) is 1.56. The van der Waals surface area contributed by atoms with E-state index in [1.54, 1.807) is 23.1 Å². The summed E-state index contributed by atoms with van der Waals surface area (Å²) in [6.45, 7) is 0. The van der Waals surface area contributed by atoms with Crippen molar-refractivity contribution in [1.29, 1.82) is 0 Å². The molecule has 1 aromatic heterocycles. The molecular formula is C12H15NOS2. The van der Waals surface area contributed by atoms with Gasteiger partial charge in [-0.05, 0) is 30.6 Å². The van der Waals surface area contributed by atoms with E-state index in [4.69, 9.17) is 0 Å². The smallest absolute Gasteiger partial charge is 0.0964 e. The maximum Gasteiger partial charge on any atom is 0.0964 e. The highest BCUT2D eigenvalue weighted by molar-refractivity contribution is 7.98. The fraction of sp³-hybridized carbons (Fsp3) is 0.417. The van der Waals surface area contributed by atoms with Crippen LogP contribution in [0.3, 0.4) is 0 Å². The molecule has 1 aromatic carbocycles. The summed E-state index contributed by atoms with van der Waals surface area (Å²) in [6.07, 6.45) is 3.33. The molecule has 0 aliphatic carbocycles. The third kappa shape index (κ3) is 2.97. The van der Waals surface area contributed by atoms with E-state index in [9.17, 15) is 5.11 Å². The largest absolute Gasteiger partial charge is 0.393 e. The number of fused-ring (bicyclic) bond motifs is 1. The van der Waals surface area contributed by atoms with Crippen LogP contribution in [0.1, 0.15) is 11.4 Å². The minimum absolute atomic E-state index is 0.256. The second-order valence-corrected chi connectivity index (χ2v) is 5.82. The summed E-state index contributed by atoms with van der Waals surface area (Å²) in [6, 6.07) is 8.11. The fourth-order valence-corrected chi connectivity index (χ4v) is 3.11. The van der Waals surface area contributed by atoms with Gasteiger partial charge in [-0.3, -0.25) is 0 Å². The molecule has 1 heterocycles. The van der Waals surface area contributed by atoms with Crippen LogP contribution >= 0.6 is 23.1 Å². The molecule has 1 atom stereocenters. The van der Waals surface area contributed by atoms with Crippen LogP contribution in [0, 0.1) is 0 Å². The summed E-state index contributed by atoms with van der Waals surface area (Å²) in [4.78, 5) is 4.51. The molecule has 1 unspecified atom stereocenters. The van der Waals surface area contributed by atoms with Gasteiger partial charge in [0.2, 0.25) is 0 Å². The van der Waals surface area contributed by atoms with E-state index in [1.807, 2.05) is 18.2 Å². The Morgan fingerprint density at radius 3 is 3.00 bits per heavy atom. The number of thioether (sulfide) groups is 1. The summed E-state index contributed by atoms with van der Waals surface area (Å²) in [5.41, 5.74) is 1.04. The van der Waals surface area contributed by atoms with Crippen molar-refractivity contribution < 1.29 is 5.11 Å². The lowest BCUT2D eigenvalue weighted by Crippen LogP contribution is -2.11. The van der Waals surface area contributed by atoms with Crippen LogP contribution in [-0.4, -0.2) is 28.2 Å². The number of hydrogen-bond donors (Lipinski definition) is 1. The van der Waals surface area contributed by atoms with Crippen molar-refractivity contribution in [1.82, 2.24) is 4.98 Å². The molecule has 4 heteroatoms. The van der Waals surface area contributed by atoms with Crippen LogP contribution in [0.5, 0.6) is 0 Å². The van der Waals surface area contributed by atoms with E-state index in [2.05, 4.69) is 17.3 Å². The number of rotatable bonds is 5. The molecule has 0 saturated heterocycles. The number of para-hydroxylation sites is 1. The highest BCUT2D eigenvalue weighted by Gasteiger charge is 2.09. The second-order valence-electron chi connectivity index (χ2n) is 3.71. The minimum atomic E-state index is -0.256. The highest BCUT2D eigenvalue weighted by atomic mass is 32.2. The SMILES string of the molecule is CSCCC(O)Cc1nc2ccccc2s1. The minimum Gasteiger partial charge on any atom is -0.393 e. The van der Waals surface area contributed by atoms with E-state index >= 15 is 0 Å². The summed E-state index contributed by atoms with van der Waals surface area (Å²) in [7, 11) is 0. The van der Waals surface area contributed by atoms with Gasteiger partial charge in [-0.2, -0.15) is 11.8 Å². The van der Waals surface area contributed by atoms with E-state index in [0.29, 0.717) is 6.42 Å². The average molecular weight is 253 g/mol. The normalized spacial score (nSPS) is 13.1. The van der Waals surface area contributed by atoms with Crippen LogP contribution in [0.15, 0.2) is 24.3 Å². The number of aliphatic hydroxyl groups is 1. The zero-order chi connectivity index (χ0) is 11.4. The summed E-state index contributed by atoms with van der Waals surface area (Å²) in [5.74, 6) is 1.01. The van der Waals surface area contributed by atoms with Crippen LogP contribution in [0.4, 0.5) is 0 Å². The Hall–Kier alpha value is -0.580. The van der Waals surface area contributed by atoms with Gasteiger partial charge < -0.3 is 5.11 Å². The maximum absolute atomic E-state index is 9.81. The zero-order valence-electron chi connectivity index (χ0n) is 9.22.